The van der Waals surface area contributed by atoms with Crippen LogP contribution in [0.25, 0.3) is 0 Å². The van der Waals surface area contributed by atoms with E-state index in [4.69, 9.17) is 5.11 Å². The Morgan fingerprint density at radius 2 is 1.52 bits per heavy atom. The number of halogens is 1. The van der Waals surface area contributed by atoms with E-state index < -0.39 is 11.9 Å². The number of carbonyl (C=O) groups is 3. The van der Waals surface area contributed by atoms with Crippen LogP contribution in [0.5, 0.6) is 0 Å². The van der Waals surface area contributed by atoms with Crippen LogP contribution in [-0.4, -0.2) is 71.4 Å². The monoisotopic (exact) mass is 549 g/mol. The van der Waals surface area contributed by atoms with Crippen molar-refractivity contribution in [2.24, 2.45) is 0 Å². The molecule has 1 aromatic carbocycles. The highest BCUT2D eigenvalue weighted by Crippen LogP contribution is 2.10. The second kappa shape index (κ2) is 16.0. The number of hydrogen-bond donors (Lipinski definition) is 3. The zero-order valence-electron chi connectivity index (χ0n) is 18.6. The molecule has 0 bridgehead atoms. The molecule has 0 unspecified atom stereocenters. The summed E-state index contributed by atoms with van der Waals surface area (Å²) in [5, 5.41) is 21.7. The fourth-order valence-corrected chi connectivity index (χ4v) is 3.13. The minimum Gasteiger partial charge on any atom is -1.00 e. The van der Waals surface area contributed by atoms with Crippen molar-refractivity contribution in [3.8, 4) is 0 Å². The maximum atomic E-state index is 11.9. The van der Waals surface area contributed by atoms with Crippen molar-refractivity contribution in [2.45, 2.75) is 51.4 Å². The number of anilines is 1. The van der Waals surface area contributed by atoms with Gasteiger partial charge >= 0.3 is 5.97 Å². The summed E-state index contributed by atoms with van der Waals surface area (Å²) in [4.78, 5) is 34.0. The number of aliphatic carboxylic acids is 1. The van der Waals surface area contributed by atoms with Crippen molar-refractivity contribution in [1.29, 1.82) is 0 Å². The number of rotatable bonds is 15. The third kappa shape index (κ3) is 14.8. The quantitative estimate of drug-likeness (QED) is 0.0949. The molecule has 0 spiro atoms. The smallest absolute Gasteiger partial charge is 0.303 e. The van der Waals surface area contributed by atoms with Crippen LogP contribution in [0, 0.1) is 0 Å². The highest BCUT2D eigenvalue weighted by molar-refractivity contribution is 5.90. The fourth-order valence-electron chi connectivity index (χ4n) is 3.13. The van der Waals surface area contributed by atoms with Crippen molar-refractivity contribution < 1.29 is 53.2 Å². The molecule has 1 aromatic rings. The second-order valence-corrected chi connectivity index (χ2v) is 8.23. The van der Waals surface area contributed by atoms with Gasteiger partial charge < -0.3 is 38.9 Å². The van der Waals surface area contributed by atoms with E-state index in [9.17, 15) is 19.6 Å². The molecule has 176 valence electrons. The SMILES string of the molecule is C[N+](C)(CCCCCC(=O)Nc1ccccc1)CCCCN(O)C(=O)CCC(=O)O.[I-]. The van der Waals surface area contributed by atoms with Crippen LogP contribution in [0.4, 0.5) is 5.69 Å². The molecule has 8 nitrogen and oxygen atoms in total. The van der Waals surface area contributed by atoms with E-state index in [-0.39, 0.29) is 49.3 Å². The number of hydrogen-bond acceptors (Lipinski definition) is 4. The van der Waals surface area contributed by atoms with Gasteiger partial charge in [0, 0.05) is 25.1 Å². The maximum Gasteiger partial charge on any atom is 0.303 e. The normalized spacial score (nSPS) is 10.8. The molecule has 9 heteroatoms. The van der Waals surface area contributed by atoms with Crippen LogP contribution >= 0.6 is 0 Å². The van der Waals surface area contributed by atoms with Crippen LogP contribution in [0.15, 0.2) is 30.3 Å². The number of nitrogens with one attached hydrogen (secondary N) is 1. The Morgan fingerprint density at radius 1 is 0.903 bits per heavy atom. The van der Waals surface area contributed by atoms with Gasteiger partial charge in [-0.3, -0.25) is 19.6 Å². The zero-order valence-corrected chi connectivity index (χ0v) is 20.7. The average molecular weight is 549 g/mol. The first kappa shape index (κ1) is 29.3. The molecular formula is C22H36IN3O5. The summed E-state index contributed by atoms with van der Waals surface area (Å²) in [7, 11) is 4.30. The van der Waals surface area contributed by atoms with Gasteiger partial charge in [0.05, 0.1) is 33.6 Å². The van der Waals surface area contributed by atoms with E-state index in [0.717, 1.165) is 48.9 Å². The zero-order chi connectivity index (χ0) is 22.4. The molecule has 0 heterocycles. The Bertz CT molecular complexity index is 670. The van der Waals surface area contributed by atoms with E-state index in [2.05, 4.69) is 19.4 Å². The van der Waals surface area contributed by atoms with Crippen LogP contribution in [0.1, 0.15) is 51.4 Å². The summed E-state index contributed by atoms with van der Waals surface area (Å²) in [6, 6.07) is 9.45. The predicted octanol–water partition coefficient (Wildman–Crippen LogP) is 0.129. The van der Waals surface area contributed by atoms with Gasteiger partial charge in [0.2, 0.25) is 11.8 Å². The number of hydroxylamine groups is 2. The number of carbonyl (C=O) groups excluding carboxylic acids is 2. The number of para-hydroxylation sites is 1. The number of benzene rings is 1. The lowest BCUT2D eigenvalue weighted by atomic mass is 10.1. The molecule has 0 aliphatic carbocycles. The number of amides is 2. The van der Waals surface area contributed by atoms with Gasteiger partial charge in [-0.15, -0.1) is 0 Å². The fraction of sp³-hybridized carbons (Fsp3) is 0.591. The molecular weight excluding hydrogens is 513 g/mol. The molecule has 0 radical (unpaired) electrons. The number of quaternary nitrogens is 1. The minimum absolute atomic E-state index is 0. The summed E-state index contributed by atoms with van der Waals surface area (Å²) in [5.74, 6) is -1.56. The second-order valence-electron chi connectivity index (χ2n) is 8.23. The van der Waals surface area contributed by atoms with Crippen LogP contribution < -0.4 is 29.3 Å². The maximum absolute atomic E-state index is 11.9. The number of carboxylic acid groups (broad SMARTS) is 1. The number of nitrogens with zero attached hydrogens (tertiary/aromatic N) is 2. The van der Waals surface area contributed by atoms with Gasteiger partial charge in [0.15, 0.2) is 0 Å². The Labute approximate surface area is 202 Å². The molecule has 0 fully saturated rings. The van der Waals surface area contributed by atoms with Crippen molar-refractivity contribution >= 4 is 23.5 Å². The molecule has 0 aromatic heterocycles. The highest BCUT2D eigenvalue weighted by Gasteiger charge is 2.16. The first-order valence-corrected chi connectivity index (χ1v) is 10.6. The predicted molar refractivity (Wildman–Crippen MR) is 115 cm³/mol. The standard InChI is InChI=1S/C22H35N3O5.HI/c1-25(2,18-10-8-16-24(30)21(27)14-15-22(28)29)17-9-4-7-13-20(26)23-19-11-5-3-6-12-19;/h3,5-6,11-12,30H,4,7-10,13-18H2,1-2H3,(H-,23,26,28,29);1H. The molecule has 0 saturated heterocycles. The van der Waals surface area contributed by atoms with Gasteiger partial charge in [-0.25, -0.2) is 5.06 Å². The lowest BCUT2D eigenvalue weighted by molar-refractivity contribution is -0.890. The van der Waals surface area contributed by atoms with E-state index >= 15 is 0 Å². The Morgan fingerprint density at radius 3 is 2.13 bits per heavy atom. The third-order valence-electron chi connectivity index (χ3n) is 4.95. The molecule has 3 N–H and O–H groups in total. The van der Waals surface area contributed by atoms with Crippen LogP contribution in [0.3, 0.4) is 0 Å². The van der Waals surface area contributed by atoms with Gasteiger partial charge in [-0.05, 0) is 44.2 Å². The van der Waals surface area contributed by atoms with Crippen LogP contribution in [-0.2, 0) is 14.4 Å². The lowest BCUT2D eigenvalue weighted by Crippen LogP contribution is -3.00. The summed E-state index contributed by atoms with van der Waals surface area (Å²) in [5.41, 5.74) is 0.824. The van der Waals surface area contributed by atoms with Crippen molar-refractivity contribution in [1.82, 2.24) is 5.06 Å². The summed E-state index contributed by atoms with van der Waals surface area (Å²) in [6.45, 7) is 2.14. The lowest BCUT2D eigenvalue weighted by Gasteiger charge is -2.30. The molecule has 0 atom stereocenters. The number of unbranched alkanes of at least 4 members (excludes halogenated alkanes) is 3. The first-order valence-electron chi connectivity index (χ1n) is 10.6. The highest BCUT2D eigenvalue weighted by atomic mass is 127. The van der Waals surface area contributed by atoms with E-state index in [1.165, 1.54) is 0 Å². The summed E-state index contributed by atoms with van der Waals surface area (Å²) >= 11 is 0. The van der Waals surface area contributed by atoms with Gasteiger partial charge in [-0.2, -0.15) is 0 Å². The molecule has 0 aliphatic rings. The summed E-state index contributed by atoms with van der Waals surface area (Å²) < 4.78 is 0.842. The van der Waals surface area contributed by atoms with E-state index in [0.29, 0.717) is 17.9 Å². The van der Waals surface area contributed by atoms with Crippen molar-refractivity contribution in [3.63, 3.8) is 0 Å². The first-order chi connectivity index (χ1) is 14.2. The number of carboxylic acids is 1. The molecule has 0 aliphatic heterocycles. The third-order valence-corrected chi connectivity index (χ3v) is 4.95. The average Bonchev–Trinajstić information content (AvgIpc) is 2.69. The van der Waals surface area contributed by atoms with Crippen molar-refractivity contribution in [2.75, 3.05) is 39.0 Å². The molecule has 31 heavy (non-hydrogen) atoms. The van der Waals surface area contributed by atoms with Gasteiger partial charge in [0.1, 0.15) is 0 Å². The largest absolute Gasteiger partial charge is 1.00 e. The van der Waals surface area contributed by atoms with Gasteiger partial charge in [0.25, 0.3) is 0 Å². The minimum atomic E-state index is -1.05. The van der Waals surface area contributed by atoms with Gasteiger partial charge in [-0.1, -0.05) is 18.2 Å². The summed E-state index contributed by atoms with van der Waals surface area (Å²) in [6.07, 6.45) is 4.47. The van der Waals surface area contributed by atoms with E-state index in [1.54, 1.807) is 0 Å². The van der Waals surface area contributed by atoms with Crippen LogP contribution in [0.2, 0.25) is 0 Å². The van der Waals surface area contributed by atoms with E-state index in [1.807, 2.05) is 30.3 Å². The molecule has 0 saturated carbocycles. The molecule has 1 rings (SSSR count). The topological polar surface area (TPSA) is 107 Å². The van der Waals surface area contributed by atoms with Crippen molar-refractivity contribution in [3.05, 3.63) is 30.3 Å². The Kier molecular flexibility index (Phi) is 15.1. The Hall–Kier alpha value is -1.72. The Balaban J connectivity index is 0.00000900. The molecule has 2 amide bonds.